The van der Waals surface area contributed by atoms with Crippen molar-refractivity contribution >= 4 is 30.7 Å². The third-order valence-corrected chi connectivity index (χ3v) is 4.48. The number of aromatic nitrogens is 1. The first-order valence-corrected chi connectivity index (χ1v) is 8.17. The van der Waals surface area contributed by atoms with Crippen molar-refractivity contribution < 1.29 is 9.21 Å². The molecule has 1 saturated heterocycles. The molecule has 2 unspecified atom stereocenters. The minimum Gasteiger partial charge on any atom is -0.441 e. The van der Waals surface area contributed by atoms with Crippen molar-refractivity contribution in [2.75, 3.05) is 13.1 Å². The molecular formula is C18H25Cl2N3O2. The molecule has 1 fully saturated rings. The van der Waals surface area contributed by atoms with E-state index in [-0.39, 0.29) is 36.8 Å². The monoisotopic (exact) mass is 385 g/mol. The van der Waals surface area contributed by atoms with E-state index in [0.717, 1.165) is 24.3 Å². The first kappa shape index (κ1) is 21.5. The predicted molar refractivity (Wildman–Crippen MR) is 103 cm³/mol. The molecule has 1 aliphatic heterocycles. The highest BCUT2D eigenvalue weighted by Crippen LogP contribution is 2.24. The van der Waals surface area contributed by atoms with Crippen molar-refractivity contribution in [2.45, 2.75) is 32.2 Å². The van der Waals surface area contributed by atoms with E-state index in [4.69, 9.17) is 10.2 Å². The third-order valence-electron chi connectivity index (χ3n) is 4.48. The summed E-state index contributed by atoms with van der Waals surface area (Å²) in [4.78, 5) is 18.6. The summed E-state index contributed by atoms with van der Waals surface area (Å²) >= 11 is 0. The molecule has 7 heteroatoms. The van der Waals surface area contributed by atoms with Crippen LogP contribution in [0, 0.1) is 5.92 Å². The van der Waals surface area contributed by atoms with E-state index >= 15 is 0 Å². The first-order valence-electron chi connectivity index (χ1n) is 8.17. The van der Waals surface area contributed by atoms with Crippen LogP contribution in [-0.2, 0) is 11.2 Å². The van der Waals surface area contributed by atoms with Gasteiger partial charge < -0.3 is 15.1 Å². The fraction of sp³-hybridized carbons (Fsp3) is 0.444. The van der Waals surface area contributed by atoms with Gasteiger partial charge in [0, 0.05) is 31.0 Å². The van der Waals surface area contributed by atoms with Crippen LogP contribution < -0.4 is 5.73 Å². The average molecular weight is 386 g/mol. The zero-order valence-electron chi connectivity index (χ0n) is 14.3. The molecule has 0 spiro atoms. The first-order chi connectivity index (χ1) is 11.2. The Hall–Kier alpha value is -1.56. The second kappa shape index (κ2) is 9.80. The summed E-state index contributed by atoms with van der Waals surface area (Å²) in [6, 6.07) is 10.1. The Morgan fingerprint density at radius 3 is 2.68 bits per heavy atom. The van der Waals surface area contributed by atoms with Crippen LogP contribution in [0.15, 0.2) is 40.9 Å². The van der Waals surface area contributed by atoms with E-state index in [9.17, 15) is 4.79 Å². The van der Waals surface area contributed by atoms with Crippen molar-refractivity contribution in [3.05, 3.63) is 42.4 Å². The standard InChI is InChI=1S/C18H23N3O2.2ClH/c1-13-9-14(10-19)12-21(13)18(22)8-7-17-20-11-16(23-17)15-5-3-2-4-6-15;;/h2-6,11,13-14H,7-10,12,19H2,1H3;2*1H. The van der Waals surface area contributed by atoms with Crippen molar-refractivity contribution in [3.8, 4) is 11.3 Å². The molecule has 1 aliphatic rings. The van der Waals surface area contributed by atoms with Gasteiger partial charge in [-0.1, -0.05) is 30.3 Å². The molecule has 3 rings (SSSR count). The average Bonchev–Trinajstić information content (AvgIpc) is 3.20. The number of amides is 1. The Balaban J connectivity index is 0.00000156. The second-order valence-electron chi connectivity index (χ2n) is 6.22. The molecule has 2 N–H and O–H groups in total. The number of nitrogens with two attached hydrogens (primary N) is 1. The molecule has 25 heavy (non-hydrogen) atoms. The van der Waals surface area contributed by atoms with Gasteiger partial charge in [0.15, 0.2) is 11.7 Å². The van der Waals surface area contributed by atoms with Crippen LogP contribution in [0.5, 0.6) is 0 Å². The zero-order chi connectivity index (χ0) is 16.2. The Labute approximate surface area is 160 Å². The fourth-order valence-corrected chi connectivity index (χ4v) is 3.18. The normalized spacial score (nSPS) is 19.2. The number of aryl methyl sites for hydroxylation is 1. The van der Waals surface area contributed by atoms with Gasteiger partial charge >= 0.3 is 0 Å². The van der Waals surface area contributed by atoms with Crippen LogP contribution in [0.3, 0.4) is 0 Å². The molecular weight excluding hydrogens is 361 g/mol. The summed E-state index contributed by atoms with van der Waals surface area (Å²) in [5.41, 5.74) is 6.72. The van der Waals surface area contributed by atoms with Crippen LogP contribution in [-0.4, -0.2) is 34.9 Å². The molecule has 138 valence electrons. The molecule has 2 atom stereocenters. The van der Waals surface area contributed by atoms with Gasteiger partial charge in [-0.3, -0.25) is 4.79 Å². The van der Waals surface area contributed by atoms with Gasteiger partial charge in [0.05, 0.1) is 6.20 Å². The number of oxazole rings is 1. The minimum absolute atomic E-state index is 0. The summed E-state index contributed by atoms with van der Waals surface area (Å²) in [7, 11) is 0. The third kappa shape index (κ3) is 5.21. The number of nitrogens with zero attached hydrogens (tertiary/aromatic N) is 2. The van der Waals surface area contributed by atoms with Crippen molar-refractivity contribution in [1.82, 2.24) is 9.88 Å². The van der Waals surface area contributed by atoms with Gasteiger partial charge in [0.2, 0.25) is 5.91 Å². The Bertz CT molecular complexity index is 663. The maximum Gasteiger partial charge on any atom is 0.223 e. The predicted octanol–water partition coefficient (Wildman–Crippen LogP) is 3.31. The highest BCUT2D eigenvalue weighted by Gasteiger charge is 2.31. The molecule has 2 heterocycles. The summed E-state index contributed by atoms with van der Waals surface area (Å²) in [5.74, 6) is 1.94. The molecule has 0 saturated carbocycles. The van der Waals surface area contributed by atoms with Gasteiger partial charge in [-0.2, -0.15) is 0 Å². The van der Waals surface area contributed by atoms with Gasteiger partial charge in [-0.25, -0.2) is 4.98 Å². The maximum atomic E-state index is 12.4. The number of rotatable bonds is 5. The van der Waals surface area contributed by atoms with Crippen molar-refractivity contribution in [1.29, 1.82) is 0 Å². The van der Waals surface area contributed by atoms with E-state index in [1.54, 1.807) is 6.20 Å². The van der Waals surface area contributed by atoms with Crippen LogP contribution in [0.4, 0.5) is 0 Å². The smallest absolute Gasteiger partial charge is 0.223 e. The summed E-state index contributed by atoms with van der Waals surface area (Å²) in [6.07, 6.45) is 3.68. The molecule has 0 radical (unpaired) electrons. The van der Waals surface area contributed by atoms with E-state index in [2.05, 4.69) is 11.9 Å². The number of carbonyl (C=O) groups is 1. The fourth-order valence-electron chi connectivity index (χ4n) is 3.18. The summed E-state index contributed by atoms with van der Waals surface area (Å²) < 4.78 is 5.75. The van der Waals surface area contributed by atoms with Crippen molar-refractivity contribution in [3.63, 3.8) is 0 Å². The maximum absolute atomic E-state index is 12.4. The zero-order valence-corrected chi connectivity index (χ0v) is 15.9. The number of likely N-dealkylation sites (tertiary alicyclic amines) is 1. The highest BCUT2D eigenvalue weighted by atomic mass is 35.5. The van der Waals surface area contributed by atoms with Crippen LogP contribution >= 0.6 is 24.8 Å². The van der Waals surface area contributed by atoms with Crippen molar-refractivity contribution in [2.24, 2.45) is 11.7 Å². The summed E-state index contributed by atoms with van der Waals surface area (Å²) in [6.45, 7) is 3.51. The lowest BCUT2D eigenvalue weighted by molar-refractivity contribution is -0.131. The van der Waals surface area contributed by atoms with E-state index in [0.29, 0.717) is 31.2 Å². The van der Waals surface area contributed by atoms with Crippen LogP contribution in [0.2, 0.25) is 0 Å². The van der Waals surface area contributed by atoms with Gasteiger partial charge in [-0.15, -0.1) is 24.8 Å². The molecule has 1 aromatic carbocycles. The Morgan fingerprint density at radius 1 is 1.32 bits per heavy atom. The number of hydrogen-bond acceptors (Lipinski definition) is 4. The quantitative estimate of drug-likeness (QED) is 0.856. The number of halogens is 2. The molecule has 1 aromatic heterocycles. The molecule has 0 aliphatic carbocycles. The number of benzene rings is 1. The van der Waals surface area contributed by atoms with Crippen LogP contribution in [0.25, 0.3) is 11.3 Å². The Kier molecular flexibility index (Phi) is 8.42. The molecule has 5 nitrogen and oxygen atoms in total. The van der Waals surface area contributed by atoms with Crippen LogP contribution in [0.1, 0.15) is 25.7 Å². The largest absolute Gasteiger partial charge is 0.441 e. The molecule has 1 amide bonds. The highest BCUT2D eigenvalue weighted by molar-refractivity contribution is 5.85. The lowest BCUT2D eigenvalue weighted by Gasteiger charge is -2.21. The number of hydrogen-bond donors (Lipinski definition) is 1. The number of carbonyl (C=O) groups excluding carboxylic acids is 1. The van der Waals surface area contributed by atoms with Gasteiger partial charge in [0.25, 0.3) is 0 Å². The minimum atomic E-state index is 0. The van der Waals surface area contributed by atoms with Gasteiger partial charge in [-0.05, 0) is 25.8 Å². The lowest BCUT2D eigenvalue weighted by Crippen LogP contribution is -2.34. The van der Waals surface area contributed by atoms with E-state index in [1.807, 2.05) is 35.2 Å². The summed E-state index contributed by atoms with van der Waals surface area (Å²) in [5, 5.41) is 0. The molecule has 2 aromatic rings. The van der Waals surface area contributed by atoms with Gasteiger partial charge in [0.1, 0.15) is 0 Å². The Morgan fingerprint density at radius 2 is 2.04 bits per heavy atom. The molecule has 0 bridgehead atoms. The lowest BCUT2D eigenvalue weighted by atomic mass is 10.1. The SMILES string of the molecule is CC1CC(CN)CN1C(=O)CCc1ncc(-c2ccccc2)o1.Cl.Cl. The van der Waals surface area contributed by atoms with E-state index < -0.39 is 0 Å². The van der Waals surface area contributed by atoms with E-state index in [1.165, 1.54) is 0 Å². The topological polar surface area (TPSA) is 72.4 Å². The second-order valence-corrected chi connectivity index (χ2v) is 6.22.